The number of nitrogens with one attached hydrogen (secondary N) is 1. The molecule has 7 nitrogen and oxygen atoms in total. The second-order valence-corrected chi connectivity index (χ2v) is 7.62. The highest BCUT2D eigenvalue weighted by molar-refractivity contribution is 6.11. The predicted octanol–water partition coefficient (Wildman–Crippen LogP) is 3.26. The number of fused-ring (bicyclic) bond motifs is 1. The molecule has 166 valence electrons. The summed E-state index contributed by atoms with van der Waals surface area (Å²) in [5.41, 5.74) is 1.81. The van der Waals surface area contributed by atoms with Gasteiger partial charge < -0.3 is 14.6 Å². The Morgan fingerprint density at radius 1 is 0.970 bits per heavy atom. The van der Waals surface area contributed by atoms with Gasteiger partial charge in [0.1, 0.15) is 17.9 Å². The summed E-state index contributed by atoms with van der Waals surface area (Å²) in [5, 5.41) is 3.14. The van der Waals surface area contributed by atoms with Crippen molar-refractivity contribution in [3.05, 3.63) is 106 Å². The Morgan fingerprint density at radius 2 is 1.70 bits per heavy atom. The lowest BCUT2D eigenvalue weighted by molar-refractivity contribution is -0.121. The summed E-state index contributed by atoms with van der Waals surface area (Å²) in [6, 6.07) is 19.6. The summed E-state index contributed by atoms with van der Waals surface area (Å²) in [4.78, 5) is 43.6. The molecule has 2 aromatic carbocycles. The van der Waals surface area contributed by atoms with Crippen LogP contribution in [0.4, 0.5) is 0 Å². The Labute approximate surface area is 190 Å². The molecule has 0 radical (unpaired) electrons. The first kappa shape index (κ1) is 22.0. The van der Waals surface area contributed by atoms with Crippen LogP contribution < -0.4 is 15.5 Å². The number of ether oxygens (including phenoxy) is 1. The number of pyridine rings is 2. The number of nitrogens with zero attached hydrogens (tertiary/aromatic N) is 2. The van der Waals surface area contributed by atoms with E-state index >= 15 is 0 Å². The number of amides is 1. The third-order valence-corrected chi connectivity index (χ3v) is 5.30. The van der Waals surface area contributed by atoms with Crippen LogP contribution in [0.5, 0.6) is 5.75 Å². The summed E-state index contributed by atoms with van der Waals surface area (Å²) >= 11 is 0. The molecule has 4 rings (SSSR count). The lowest BCUT2D eigenvalue weighted by Gasteiger charge is -2.14. The zero-order chi connectivity index (χ0) is 23.4. The van der Waals surface area contributed by atoms with Crippen LogP contribution in [0.15, 0.2) is 77.7 Å². The minimum absolute atomic E-state index is 0.0477. The van der Waals surface area contributed by atoms with Gasteiger partial charge in [-0.15, -0.1) is 0 Å². The summed E-state index contributed by atoms with van der Waals surface area (Å²) < 4.78 is 6.84. The van der Waals surface area contributed by atoms with Crippen molar-refractivity contribution in [1.29, 1.82) is 0 Å². The molecule has 0 saturated carbocycles. The van der Waals surface area contributed by atoms with Gasteiger partial charge in [-0.1, -0.05) is 42.5 Å². The predicted molar refractivity (Wildman–Crippen MR) is 125 cm³/mol. The number of hydrogen-bond acceptors (Lipinski definition) is 5. The van der Waals surface area contributed by atoms with E-state index in [1.54, 1.807) is 47.9 Å². The van der Waals surface area contributed by atoms with E-state index in [4.69, 9.17) is 4.74 Å². The molecule has 0 aliphatic carbocycles. The summed E-state index contributed by atoms with van der Waals surface area (Å²) in [6.07, 6.45) is 1.41. The fourth-order valence-electron chi connectivity index (χ4n) is 3.63. The highest BCUT2D eigenvalue weighted by Gasteiger charge is 2.21. The molecule has 33 heavy (non-hydrogen) atoms. The third kappa shape index (κ3) is 4.67. The van der Waals surface area contributed by atoms with Crippen LogP contribution in [0.25, 0.3) is 11.0 Å². The van der Waals surface area contributed by atoms with Crippen molar-refractivity contribution in [3.63, 3.8) is 0 Å². The number of carbonyl (C=O) groups excluding carboxylic acids is 2. The maximum absolute atomic E-state index is 13.3. The normalized spacial score (nSPS) is 10.7. The van der Waals surface area contributed by atoms with E-state index in [1.807, 2.05) is 30.3 Å². The van der Waals surface area contributed by atoms with Gasteiger partial charge in [0, 0.05) is 18.4 Å². The van der Waals surface area contributed by atoms with Crippen LogP contribution in [0, 0.1) is 6.92 Å². The minimum Gasteiger partial charge on any atom is -0.496 e. The summed E-state index contributed by atoms with van der Waals surface area (Å²) in [5.74, 6) is -0.364. The van der Waals surface area contributed by atoms with Crippen molar-refractivity contribution in [2.24, 2.45) is 0 Å². The molecule has 0 fully saturated rings. The molecule has 4 aromatic rings. The first-order valence-electron chi connectivity index (χ1n) is 10.5. The van der Waals surface area contributed by atoms with E-state index in [9.17, 15) is 14.4 Å². The molecule has 2 aromatic heterocycles. The third-order valence-electron chi connectivity index (χ3n) is 5.30. The fraction of sp³-hybridized carbons (Fsp3) is 0.154. The second kappa shape index (κ2) is 9.48. The highest BCUT2D eigenvalue weighted by atomic mass is 16.5. The topological polar surface area (TPSA) is 90.3 Å². The van der Waals surface area contributed by atoms with Crippen molar-refractivity contribution in [2.45, 2.75) is 20.0 Å². The van der Waals surface area contributed by atoms with Crippen molar-refractivity contribution in [3.8, 4) is 5.75 Å². The molecule has 0 saturated heterocycles. The SMILES string of the molecule is COc1ccccc1C(=O)c1cn(CC(=O)NCc2ccccc2)c2nc(C)ccc2c1=O. The van der Waals surface area contributed by atoms with Gasteiger partial charge in [0.2, 0.25) is 17.1 Å². The van der Waals surface area contributed by atoms with Crippen LogP contribution in [0.3, 0.4) is 0 Å². The van der Waals surface area contributed by atoms with Crippen LogP contribution in [-0.2, 0) is 17.9 Å². The van der Waals surface area contributed by atoms with E-state index in [2.05, 4.69) is 10.3 Å². The van der Waals surface area contributed by atoms with Crippen molar-refractivity contribution >= 4 is 22.7 Å². The largest absolute Gasteiger partial charge is 0.496 e. The maximum Gasteiger partial charge on any atom is 0.240 e. The standard InChI is InChI=1S/C26H23N3O4/c1-17-12-13-20-25(32)21(24(31)19-10-6-7-11-22(19)33-2)15-29(26(20)28-17)16-23(30)27-14-18-8-4-3-5-9-18/h3-13,15H,14,16H2,1-2H3,(H,27,30). The Morgan fingerprint density at radius 3 is 2.45 bits per heavy atom. The molecule has 7 heteroatoms. The van der Waals surface area contributed by atoms with E-state index in [0.717, 1.165) is 5.56 Å². The molecule has 0 aliphatic heterocycles. The van der Waals surface area contributed by atoms with Gasteiger partial charge in [-0.05, 0) is 36.8 Å². The minimum atomic E-state index is -0.474. The van der Waals surface area contributed by atoms with Crippen LogP contribution in [0.2, 0.25) is 0 Å². The van der Waals surface area contributed by atoms with Crippen molar-refractivity contribution < 1.29 is 14.3 Å². The number of para-hydroxylation sites is 1. The van der Waals surface area contributed by atoms with Crippen LogP contribution in [-0.4, -0.2) is 28.4 Å². The summed E-state index contributed by atoms with van der Waals surface area (Å²) in [7, 11) is 1.47. The quantitative estimate of drug-likeness (QED) is 0.445. The number of benzene rings is 2. The number of methoxy groups -OCH3 is 1. The monoisotopic (exact) mass is 441 g/mol. The number of carbonyl (C=O) groups is 2. The molecule has 0 unspecified atom stereocenters. The van der Waals surface area contributed by atoms with Gasteiger partial charge in [-0.2, -0.15) is 0 Å². The molecule has 0 aliphatic rings. The van der Waals surface area contributed by atoms with Gasteiger partial charge in [-0.25, -0.2) is 4.98 Å². The second-order valence-electron chi connectivity index (χ2n) is 7.62. The number of hydrogen-bond donors (Lipinski definition) is 1. The smallest absolute Gasteiger partial charge is 0.240 e. The molecule has 1 amide bonds. The number of aryl methyl sites for hydroxylation is 1. The average molecular weight is 441 g/mol. The molecular weight excluding hydrogens is 418 g/mol. The first-order chi connectivity index (χ1) is 16.0. The Hall–Kier alpha value is -4.26. The summed E-state index contributed by atoms with van der Waals surface area (Å²) in [6.45, 7) is 2.08. The van der Waals surface area contributed by atoms with E-state index in [1.165, 1.54) is 13.3 Å². The van der Waals surface area contributed by atoms with Crippen LogP contribution >= 0.6 is 0 Å². The fourth-order valence-corrected chi connectivity index (χ4v) is 3.63. The Bertz CT molecular complexity index is 1390. The van der Waals surface area contributed by atoms with E-state index in [-0.39, 0.29) is 29.0 Å². The number of aromatic nitrogens is 2. The molecule has 0 bridgehead atoms. The van der Waals surface area contributed by atoms with E-state index < -0.39 is 11.2 Å². The van der Waals surface area contributed by atoms with Crippen LogP contribution in [0.1, 0.15) is 27.2 Å². The van der Waals surface area contributed by atoms with Crippen molar-refractivity contribution in [2.75, 3.05) is 7.11 Å². The zero-order valence-corrected chi connectivity index (χ0v) is 18.4. The molecule has 2 heterocycles. The number of ketones is 1. The molecule has 1 N–H and O–H groups in total. The Kier molecular flexibility index (Phi) is 6.31. The van der Waals surface area contributed by atoms with Gasteiger partial charge in [0.05, 0.1) is 23.6 Å². The molecule has 0 atom stereocenters. The number of rotatable bonds is 7. The highest BCUT2D eigenvalue weighted by Crippen LogP contribution is 2.21. The lowest BCUT2D eigenvalue weighted by atomic mass is 10.0. The zero-order valence-electron chi connectivity index (χ0n) is 18.4. The maximum atomic E-state index is 13.3. The first-order valence-corrected chi connectivity index (χ1v) is 10.5. The van der Waals surface area contributed by atoms with Crippen molar-refractivity contribution in [1.82, 2.24) is 14.9 Å². The molecular formula is C26H23N3O4. The Balaban J connectivity index is 1.73. The van der Waals surface area contributed by atoms with Gasteiger partial charge >= 0.3 is 0 Å². The van der Waals surface area contributed by atoms with Gasteiger partial charge in [0.15, 0.2) is 0 Å². The van der Waals surface area contributed by atoms with E-state index in [0.29, 0.717) is 23.6 Å². The lowest BCUT2D eigenvalue weighted by Crippen LogP contribution is -2.29. The average Bonchev–Trinajstić information content (AvgIpc) is 2.84. The van der Waals surface area contributed by atoms with Gasteiger partial charge in [-0.3, -0.25) is 14.4 Å². The molecule has 0 spiro atoms. The van der Waals surface area contributed by atoms with Gasteiger partial charge in [0.25, 0.3) is 0 Å².